The SMILES string of the molecule is COc1ncnc(OC)c1-n1c(NS(=O)(=O)[C@@H](C)[C@H](OC)c2ncc(Cl)cn2)nnc1[C@@H]1CC[C@H]1F. The number of hydrogen-bond acceptors (Lipinski definition) is 11. The van der Waals surface area contributed by atoms with E-state index in [9.17, 15) is 12.8 Å². The molecule has 0 aromatic carbocycles. The molecule has 0 bridgehead atoms. The molecule has 3 aromatic rings. The monoisotopic (exact) mass is 542 g/mol. The van der Waals surface area contributed by atoms with E-state index in [2.05, 4.69) is 34.9 Å². The van der Waals surface area contributed by atoms with Crippen molar-refractivity contribution >= 4 is 27.6 Å². The molecule has 1 saturated carbocycles. The molecule has 0 amide bonds. The van der Waals surface area contributed by atoms with E-state index < -0.39 is 33.5 Å². The third kappa shape index (κ3) is 4.77. The summed E-state index contributed by atoms with van der Waals surface area (Å²) in [5, 5.41) is 7.22. The predicted molar refractivity (Wildman–Crippen MR) is 126 cm³/mol. The standard InChI is InChI=1S/C20H24ClFN8O5S/c1-10(15(33-2)16-23-7-11(21)8-24-16)36(31,32)29-20-28-27-17(12-5-6-13(12)22)30(20)14-18(34-3)25-9-26-19(14)35-4/h7-10,12-13,15H,5-6H2,1-4H3,(H,28,29)/t10-,12+,13+,15-/m0/s1. The second-order valence-corrected chi connectivity index (χ2v) is 10.4. The van der Waals surface area contributed by atoms with Gasteiger partial charge >= 0.3 is 0 Å². The van der Waals surface area contributed by atoms with E-state index >= 15 is 0 Å². The van der Waals surface area contributed by atoms with Crippen LogP contribution in [-0.2, 0) is 14.8 Å². The fraction of sp³-hybridized carbons (Fsp3) is 0.500. The van der Waals surface area contributed by atoms with Crippen LogP contribution in [0.1, 0.15) is 43.4 Å². The second kappa shape index (κ2) is 10.4. The lowest BCUT2D eigenvalue weighted by Gasteiger charge is -2.30. The lowest BCUT2D eigenvalue weighted by atomic mass is 9.82. The number of aromatic nitrogens is 7. The Morgan fingerprint density at radius 2 is 1.72 bits per heavy atom. The number of sulfonamides is 1. The molecule has 0 saturated heterocycles. The molecule has 3 heterocycles. The van der Waals surface area contributed by atoms with E-state index in [1.807, 2.05) is 0 Å². The smallest absolute Gasteiger partial charge is 0.245 e. The molecule has 1 aliphatic carbocycles. The van der Waals surface area contributed by atoms with Crippen LogP contribution in [0.25, 0.3) is 5.69 Å². The van der Waals surface area contributed by atoms with E-state index in [1.165, 1.54) is 51.5 Å². The molecule has 1 fully saturated rings. The Morgan fingerprint density at radius 1 is 1.08 bits per heavy atom. The van der Waals surface area contributed by atoms with Crippen LogP contribution >= 0.6 is 11.6 Å². The van der Waals surface area contributed by atoms with E-state index in [4.69, 9.17) is 25.8 Å². The van der Waals surface area contributed by atoms with Crippen LogP contribution in [0.4, 0.5) is 10.3 Å². The molecule has 1 N–H and O–H groups in total. The van der Waals surface area contributed by atoms with Crippen LogP contribution in [0.2, 0.25) is 5.02 Å². The number of methoxy groups -OCH3 is 3. The van der Waals surface area contributed by atoms with E-state index in [0.717, 1.165) is 0 Å². The third-order valence-electron chi connectivity index (χ3n) is 5.87. The van der Waals surface area contributed by atoms with E-state index in [0.29, 0.717) is 12.8 Å². The average Bonchev–Trinajstić information content (AvgIpc) is 3.24. The van der Waals surface area contributed by atoms with Crippen molar-refractivity contribution in [1.29, 1.82) is 0 Å². The Balaban J connectivity index is 1.78. The van der Waals surface area contributed by atoms with Crippen LogP contribution in [0.5, 0.6) is 11.8 Å². The number of ether oxygens (including phenoxy) is 3. The fourth-order valence-electron chi connectivity index (χ4n) is 3.77. The first-order chi connectivity index (χ1) is 17.2. The Bertz CT molecular complexity index is 1300. The summed E-state index contributed by atoms with van der Waals surface area (Å²) in [7, 11) is -0.111. The van der Waals surface area contributed by atoms with Gasteiger partial charge in [0.25, 0.3) is 0 Å². The summed E-state index contributed by atoms with van der Waals surface area (Å²) in [5.74, 6) is -0.441. The average molecular weight is 543 g/mol. The highest BCUT2D eigenvalue weighted by Crippen LogP contribution is 2.42. The number of alkyl halides is 1. The van der Waals surface area contributed by atoms with Gasteiger partial charge in [0.05, 0.1) is 25.2 Å². The first-order valence-corrected chi connectivity index (χ1v) is 12.7. The summed E-state index contributed by atoms with van der Waals surface area (Å²) in [6, 6.07) is 0. The number of hydrogen-bond donors (Lipinski definition) is 1. The summed E-state index contributed by atoms with van der Waals surface area (Å²) < 4.78 is 61.1. The van der Waals surface area contributed by atoms with Crippen molar-refractivity contribution in [3.63, 3.8) is 0 Å². The maximum absolute atomic E-state index is 14.4. The van der Waals surface area contributed by atoms with Gasteiger partial charge in [0.2, 0.25) is 27.7 Å². The van der Waals surface area contributed by atoms with Gasteiger partial charge < -0.3 is 14.2 Å². The first-order valence-electron chi connectivity index (χ1n) is 10.8. The summed E-state index contributed by atoms with van der Waals surface area (Å²) in [5.41, 5.74) is 0.122. The van der Waals surface area contributed by atoms with Crippen molar-refractivity contribution in [2.45, 2.75) is 43.2 Å². The maximum Gasteiger partial charge on any atom is 0.245 e. The maximum atomic E-state index is 14.4. The van der Waals surface area contributed by atoms with Gasteiger partial charge in [0.1, 0.15) is 29.7 Å². The lowest BCUT2D eigenvalue weighted by Crippen LogP contribution is -2.34. The Labute approximate surface area is 211 Å². The first kappa shape index (κ1) is 25.9. The topological polar surface area (TPSA) is 156 Å². The van der Waals surface area contributed by atoms with Gasteiger partial charge in [-0.15, -0.1) is 10.2 Å². The van der Waals surface area contributed by atoms with E-state index in [1.54, 1.807) is 0 Å². The number of rotatable bonds is 10. The normalized spacial score (nSPS) is 19.3. The molecule has 194 valence electrons. The molecular weight excluding hydrogens is 519 g/mol. The molecule has 0 spiro atoms. The molecule has 36 heavy (non-hydrogen) atoms. The third-order valence-corrected chi connectivity index (χ3v) is 7.76. The molecule has 16 heteroatoms. The Hall–Kier alpha value is -3.17. The molecule has 1 aliphatic rings. The molecular formula is C20H24ClFN8O5S. The van der Waals surface area contributed by atoms with Gasteiger partial charge in [-0.3, -0.25) is 9.29 Å². The number of nitrogens with zero attached hydrogens (tertiary/aromatic N) is 7. The number of halogens is 2. The molecule has 13 nitrogen and oxygen atoms in total. The van der Waals surface area contributed by atoms with Gasteiger partial charge in [0.15, 0.2) is 11.5 Å². The largest absolute Gasteiger partial charge is 0.479 e. The quantitative estimate of drug-likeness (QED) is 0.400. The Morgan fingerprint density at radius 3 is 2.22 bits per heavy atom. The van der Waals surface area contributed by atoms with Gasteiger partial charge in [-0.1, -0.05) is 11.6 Å². The number of anilines is 1. The minimum atomic E-state index is -4.19. The second-order valence-electron chi connectivity index (χ2n) is 7.93. The predicted octanol–water partition coefficient (Wildman–Crippen LogP) is 2.25. The zero-order valence-electron chi connectivity index (χ0n) is 19.8. The number of nitrogens with one attached hydrogen (secondary N) is 1. The van der Waals surface area contributed by atoms with Crippen LogP contribution in [0.3, 0.4) is 0 Å². The van der Waals surface area contributed by atoms with Gasteiger partial charge in [-0.2, -0.15) is 9.97 Å². The van der Waals surface area contributed by atoms with Crippen molar-refractivity contribution in [1.82, 2.24) is 34.7 Å². The van der Waals surface area contributed by atoms with Crippen LogP contribution in [0, 0.1) is 0 Å². The van der Waals surface area contributed by atoms with Crippen molar-refractivity contribution < 1.29 is 27.0 Å². The van der Waals surface area contributed by atoms with Gasteiger partial charge in [0, 0.05) is 19.5 Å². The molecule has 3 aromatic heterocycles. The summed E-state index contributed by atoms with van der Waals surface area (Å²) in [4.78, 5) is 16.3. The molecule has 0 aliphatic heterocycles. The minimum absolute atomic E-state index is 0.0514. The fourth-order valence-corrected chi connectivity index (χ4v) is 5.00. The molecule has 0 unspecified atom stereocenters. The molecule has 4 atom stereocenters. The van der Waals surface area contributed by atoms with Crippen LogP contribution < -0.4 is 14.2 Å². The minimum Gasteiger partial charge on any atom is -0.479 e. The van der Waals surface area contributed by atoms with Crippen molar-refractivity contribution in [2.75, 3.05) is 26.1 Å². The zero-order valence-corrected chi connectivity index (χ0v) is 21.4. The van der Waals surface area contributed by atoms with Crippen molar-refractivity contribution in [3.8, 4) is 17.4 Å². The van der Waals surface area contributed by atoms with Crippen molar-refractivity contribution in [3.05, 3.63) is 35.4 Å². The summed E-state index contributed by atoms with van der Waals surface area (Å²) >= 11 is 5.84. The highest BCUT2D eigenvalue weighted by atomic mass is 35.5. The molecule has 0 radical (unpaired) electrons. The zero-order chi connectivity index (χ0) is 26.0. The lowest BCUT2D eigenvalue weighted by molar-refractivity contribution is 0.0950. The summed E-state index contributed by atoms with van der Waals surface area (Å²) in [6.45, 7) is 1.42. The van der Waals surface area contributed by atoms with Gasteiger partial charge in [-0.25, -0.2) is 22.8 Å². The van der Waals surface area contributed by atoms with Gasteiger partial charge in [-0.05, 0) is 19.8 Å². The van der Waals surface area contributed by atoms with E-state index in [-0.39, 0.29) is 40.1 Å². The van der Waals surface area contributed by atoms with Crippen LogP contribution in [-0.4, -0.2) is 75.9 Å². The van der Waals surface area contributed by atoms with Crippen molar-refractivity contribution in [2.24, 2.45) is 0 Å². The molecule has 4 rings (SSSR count). The highest BCUT2D eigenvalue weighted by Gasteiger charge is 2.40. The highest BCUT2D eigenvalue weighted by molar-refractivity contribution is 7.93. The Kier molecular flexibility index (Phi) is 7.51. The summed E-state index contributed by atoms with van der Waals surface area (Å²) in [6.07, 6.45) is 2.54. The van der Waals surface area contributed by atoms with Crippen LogP contribution in [0.15, 0.2) is 18.7 Å².